The van der Waals surface area contributed by atoms with E-state index in [4.69, 9.17) is 0 Å². The minimum atomic E-state index is -0.229. The number of carbonyl (C=O) groups is 1. The highest BCUT2D eigenvalue weighted by Crippen LogP contribution is 2.27. The van der Waals surface area contributed by atoms with E-state index in [2.05, 4.69) is 37.1 Å². The van der Waals surface area contributed by atoms with Crippen molar-refractivity contribution in [3.8, 4) is 0 Å². The number of hydrogen-bond acceptors (Lipinski definition) is 5. The predicted octanol–water partition coefficient (Wildman–Crippen LogP) is 3.19. The molecule has 9 heteroatoms. The quantitative estimate of drug-likeness (QED) is 0.489. The number of carbonyl (C=O) groups excluding carboxylic acids is 1. The lowest BCUT2D eigenvalue weighted by Crippen LogP contribution is -2.33. The molecule has 1 aliphatic carbocycles. The number of aromatic nitrogens is 4. The van der Waals surface area contributed by atoms with Crippen LogP contribution in [0.25, 0.3) is 11.0 Å². The maximum atomic E-state index is 12.6. The summed E-state index contributed by atoms with van der Waals surface area (Å²) in [7, 11) is 1.97. The van der Waals surface area contributed by atoms with Crippen molar-refractivity contribution in [3.63, 3.8) is 0 Å². The van der Waals surface area contributed by atoms with Gasteiger partial charge in [-0.2, -0.15) is 10.1 Å². The number of anilines is 1. The molecule has 3 aromatic rings. The molecule has 0 saturated heterocycles. The van der Waals surface area contributed by atoms with Crippen LogP contribution in [0, 0.1) is 12.8 Å². The van der Waals surface area contributed by atoms with Crippen LogP contribution in [-0.2, 0) is 11.3 Å². The Morgan fingerprint density at radius 3 is 2.90 bits per heavy atom. The molecule has 0 unspecified atom stereocenters. The van der Waals surface area contributed by atoms with Crippen molar-refractivity contribution in [2.24, 2.45) is 15.9 Å². The average molecular weight is 419 g/mol. The van der Waals surface area contributed by atoms with Crippen molar-refractivity contribution in [1.29, 1.82) is 0 Å². The van der Waals surface area contributed by atoms with Gasteiger partial charge >= 0.3 is 0 Å². The van der Waals surface area contributed by atoms with Crippen molar-refractivity contribution in [2.75, 3.05) is 18.9 Å². The van der Waals surface area contributed by atoms with Gasteiger partial charge in [0.15, 0.2) is 5.82 Å². The van der Waals surface area contributed by atoms with E-state index in [1.807, 2.05) is 31.0 Å². The van der Waals surface area contributed by atoms with E-state index < -0.39 is 0 Å². The van der Waals surface area contributed by atoms with Crippen LogP contribution in [0.15, 0.2) is 46.8 Å². The molecule has 4 rings (SSSR count). The Kier molecular flexibility index (Phi) is 6.01. The maximum absolute atomic E-state index is 12.6. The molecule has 1 saturated carbocycles. The first kappa shape index (κ1) is 20.6. The lowest BCUT2D eigenvalue weighted by atomic mass is 9.85. The van der Waals surface area contributed by atoms with Crippen molar-refractivity contribution in [2.45, 2.75) is 32.7 Å². The molecule has 0 atom stereocenters. The first-order valence-corrected chi connectivity index (χ1v) is 10.3. The highest BCUT2D eigenvalue weighted by molar-refractivity contribution is 5.92. The largest absolute Gasteiger partial charge is 0.344 e. The standard InChI is InChI=1S/C22H26N8O/c1-15-11-26-30(21(15)28-22(23-2)29(3)13-16-6-4-7-16)14-20(31)27-17-10-19-18(25-12-17)8-5-9-24-19/h5,8-12,16H,2,4,6-7,13-14H2,1,3H3,(H,27,31). The minimum Gasteiger partial charge on any atom is -0.344 e. The van der Waals surface area contributed by atoms with Gasteiger partial charge in [-0.15, -0.1) is 0 Å². The molecule has 0 aliphatic heterocycles. The van der Waals surface area contributed by atoms with Crippen LogP contribution in [-0.4, -0.2) is 56.8 Å². The molecular weight excluding hydrogens is 392 g/mol. The first-order chi connectivity index (χ1) is 15.0. The number of hydrogen-bond donors (Lipinski definition) is 1. The highest BCUT2D eigenvalue weighted by atomic mass is 16.2. The zero-order valence-electron chi connectivity index (χ0n) is 17.8. The van der Waals surface area contributed by atoms with Gasteiger partial charge in [0, 0.05) is 25.4 Å². The SMILES string of the molecule is C=NC(=Nc1c(C)cnn1CC(=O)Nc1cnc2cccnc2c1)N(C)CC1CCC1. The molecule has 0 radical (unpaired) electrons. The van der Waals surface area contributed by atoms with Gasteiger partial charge in [0.1, 0.15) is 6.54 Å². The molecule has 160 valence electrons. The molecular formula is C22H26N8O. The van der Waals surface area contributed by atoms with Crippen molar-refractivity contribution >= 4 is 41.1 Å². The van der Waals surface area contributed by atoms with E-state index >= 15 is 0 Å². The second-order valence-electron chi connectivity index (χ2n) is 7.87. The Bertz CT molecular complexity index is 1130. The van der Waals surface area contributed by atoms with E-state index in [1.54, 1.807) is 29.3 Å². The third kappa shape index (κ3) is 4.76. The van der Waals surface area contributed by atoms with E-state index in [1.165, 1.54) is 19.3 Å². The number of nitrogens with one attached hydrogen (secondary N) is 1. The molecule has 3 aromatic heterocycles. The minimum absolute atomic E-state index is 0.0176. The molecule has 3 heterocycles. The summed E-state index contributed by atoms with van der Waals surface area (Å²) < 4.78 is 1.57. The fourth-order valence-electron chi connectivity index (χ4n) is 3.57. The van der Waals surface area contributed by atoms with E-state index in [0.29, 0.717) is 23.4 Å². The normalized spacial score (nSPS) is 14.3. The summed E-state index contributed by atoms with van der Waals surface area (Å²) in [5.74, 6) is 1.57. The smallest absolute Gasteiger partial charge is 0.246 e. The van der Waals surface area contributed by atoms with E-state index in [0.717, 1.165) is 23.1 Å². The topological polar surface area (TPSA) is 101 Å². The number of amides is 1. The molecule has 9 nitrogen and oxygen atoms in total. The number of pyridine rings is 2. The average Bonchev–Trinajstić information content (AvgIpc) is 3.07. The number of nitrogens with zero attached hydrogens (tertiary/aromatic N) is 7. The molecule has 1 N–H and O–H groups in total. The zero-order valence-corrected chi connectivity index (χ0v) is 17.8. The van der Waals surface area contributed by atoms with Gasteiger partial charge in [0.25, 0.3) is 0 Å². The maximum Gasteiger partial charge on any atom is 0.246 e. The van der Waals surface area contributed by atoms with Gasteiger partial charge < -0.3 is 10.2 Å². The van der Waals surface area contributed by atoms with Gasteiger partial charge in [-0.1, -0.05) is 6.42 Å². The zero-order chi connectivity index (χ0) is 21.8. The van der Waals surface area contributed by atoms with Gasteiger partial charge in [-0.05, 0) is 50.6 Å². The number of aliphatic imine (C=N–C) groups is 2. The Balaban J connectivity index is 1.48. The molecule has 0 spiro atoms. The fraction of sp³-hybridized carbons (Fsp3) is 0.364. The monoisotopic (exact) mass is 418 g/mol. The summed E-state index contributed by atoms with van der Waals surface area (Å²) in [6, 6.07) is 5.49. The van der Waals surface area contributed by atoms with Crippen molar-refractivity contribution in [3.05, 3.63) is 42.4 Å². The molecule has 31 heavy (non-hydrogen) atoms. The lowest BCUT2D eigenvalue weighted by Gasteiger charge is -2.30. The number of fused-ring (bicyclic) bond motifs is 1. The number of guanidine groups is 1. The summed E-state index contributed by atoms with van der Waals surface area (Å²) in [5, 5.41) is 7.18. The summed E-state index contributed by atoms with van der Waals surface area (Å²) in [6.07, 6.45) is 8.77. The molecule has 0 aromatic carbocycles. The fourth-order valence-corrected chi connectivity index (χ4v) is 3.57. The Labute approximate surface area is 180 Å². The highest BCUT2D eigenvalue weighted by Gasteiger charge is 2.21. The Hall–Kier alpha value is -3.62. The number of aryl methyl sites for hydroxylation is 1. The number of rotatable bonds is 6. The van der Waals surface area contributed by atoms with Crippen LogP contribution in [0.5, 0.6) is 0 Å². The van der Waals surface area contributed by atoms with Crippen LogP contribution in [0.3, 0.4) is 0 Å². The molecule has 1 amide bonds. The van der Waals surface area contributed by atoms with E-state index in [9.17, 15) is 4.79 Å². The third-order valence-corrected chi connectivity index (χ3v) is 5.46. The summed E-state index contributed by atoms with van der Waals surface area (Å²) >= 11 is 0. The van der Waals surface area contributed by atoms with Crippen LogP contribution in [0.2, 0.25) is 0 Å². The summed E-state index contributed by atoms with van der Waals surface area (Å²) in [5.41, 5.74) is 2.94. The Morgan fingerprint density at radius 2 is 2.16 bits per heavy atom. The van der Waals surface area contributed by atoms with Gasteiger partial charge in [0.05, 0.1) is 29.1 Å². The first-order valence-electron chi connectivity index (χ1n) is 10.3. The summed E-state index contributed by atoms with van der Waals surface area (Å²) in [4.78, 5) is 32.0. The second kappa shape index (κ2) is 9.03. The second-order valence-corrected chi connectivity index (χ2v) is 7.87. The molecule has 1 fully saturated rings. The molecule has 1 aliphatic rings. The van der Waals surface area contributed by atoms with E-state index in [-0.39, 0.29) is 12.5 Å². The Morgan fingerprint density at radius 1 is 1.32 bits per heavy atom. The van der Waals surface area contributed by atoms with Gasteiger partial charge in [0.2, 0.25) is 11.9 Å². The van der Waals surface area contributed by atoms with Crippen LogP contribution in [0.4, 0.5) is 11.5 Å². The summed E-state index contributed by atoms with van der Waals surface area (Å²) in [6.45, 7) is 6.49. The predicted molar refractivity (Wildman–Crippen MR) is 122 cm³/mol. The molecule has 0 bridgehead atoms. The van der Waals surface area contributed by atoms with Crippen molar-refractivity contribution in [1.82, 2.24) is 24.6 Å². The van der Waals surface area contributed by atoms with Crippen LogP contribution in [0.1, 0.15) is 24.8 Å². The van der Waals surface area contributed by atoms with Crippen molar-refractivity contribution < 1.29 is 4.79 Å². The van der Waals surface area contributed by atoms with Gasteiger partial charge in [-0.25, -0.2) is 9.67 Å². The third-order valence-electron chi connectivity index (χ3n) is 5.46. The lowest BCUT2D eigenvalue weighted by molar-refractivity contribution is -0.116. The van der Waals surface area contributed by atoms with Crippen LogP contribution < -0.4 is 5.32 Å². The van der Waals surface area contributed by atoms with Gasteiger partial charge in [-0.3, -0.25) is 14.8 Å². The van der Waals surface area contributed by atoms with Crippen LogP contribution >= 0.6 is 0 Å².